The third-order valence-electron chi connectivity index (χ3n) is 2.45. The van der Waals surface area contributed by atoms with Gasteiger partial charge in [-0.2, -0.15) is 11.8 Å². The van der Waals surface area contributed by atoms with Crippen LogP contribution in [0.5, 0.6) is 0 Å². The molecule has 0 radical (unpaired) electrons. The number of aliphatic imine (C=N–C) groups is 1. The van der Waals surface area contributed by atoms with E-state index in [9.17, 15) is 0 Å². The fourth-order valence-corrected chi connectivity index (χ4v) is 1.68. The first-order valence-electron chi connectivity index (χ1n) is 5.88. The summed E-state index contributed by atoms with van der Waals surface area (Å²) in [5.74, 6) is 3.09. The van der Waals surface area contributed by atoms with E-state index in [2.05, 4.69) is 28.8 Å². The van der Waals surface area contributed by atoms with Crippen LogP contribution >= 0.6 is 11.8 Å². The molecule has 0 aromatic rings. The molecule has 0 aromatic carbocycles. The van der Waals surface area contributed by atoms with E-state index in [-0.39, 0.29) is 0 Å². The molecule has 3 nitrogen and oxygen atoms in total. The minimum absolute atomic E-state index is 0.939. The largest absolute Gasteiger partial charge is 0.357 e. The number of hydrogen-bond acceptors (Lipinski definition) is 2. The van der Waals surface area contributed by atoms with Crippen molar-refractivity contribution in [2.45, 2.75) is 26.2 Å². The molecule has 2 N–H and O–H groups in total. The predicted octanol–water partition coefficient (Wildman–Crippen LogP) is 1.70. The summed E-state index contributed by atoms with van der Waals surface area (Å²) in [7, 11) is 0. The maximum Gasteiger partial charge on any atom is 0.191 e. The topological polar surface area (TPSA) is 36.4 Å². The standard InChI is InChI=1S/C11H23N3S/c1-3-12-11(14-8-9-15-2)13-7-6-10-4-5-10/h10H,3-9H2,1-2H3,(H2,12,13,14). The highest BCUT2D eigenvalue weighted by Crippen LogP contribution is 2.31. The van der Waals surface area contributed by atoms with E-state index in [1.54, 1.807) is 0 Å². The van der Waals surface area contributed by atoms with Gasteiger partial charge in [0, 0.05) is 25.4 Å². The first-order chi connectivity index (χ1) is 7.36. The lowest BCUT2D eigenvalue weighted by Crippen LogP contribution is -2.38. The van der Waals surface area contributed by atoms with Gasteiger partial charge in [-0.3, -0.25) is 4.99 Å². The molecule has 0 heterocycles. The van der Waals surface area contributed by atoms with Crippen molar-refractivity contribution < 1.29 is 0 Å². The van der Waals surface area contributed by atoms with Crippen molar-refractivity contribution in [2.75, 3.05) is 31.6 Å². The lowest BCUT2D eigenvalue weighted by Gasteiger charge is -2.10. The molecule has 4 heteroatoms. The molecule has 1 aliphatic rings. The van der Waals surface area contributed by atoms with Crippen LogP contribution in [0.25, 0.3) is 0 Å². The quantitative estimate of drug-likeness (QED) is 0.396. The molecule has 0 bridgehead atoms. The first-order valence-corrected chi connectivity index (χ1v) is 7.27. The monoisotopic (exact) mass is 229 g/mol. The SMILES string of the molecule is CCNC(=NCCC1CC1)NCCSC. The first kappa shape index (κ1) is 12.7. The molecular formula is C11H23N3S. The minimum atomic E-state index is 0.939. The number of guanidine groups is 1. The van der Waals surface area contributed by atoms with Crippen molar-refractivity contribution in [1.82, 2.24) is 10.6 Å². The second-order valence-corrected chi connectivity index (χ2v) is 4.90. The maximum absolute atomic E-state index is 4.55. The number of nitrogens with one attached hydrogen (secondary N) is 2. The molecule has 0 unspecified atom stereocenters. The van der Waals surface area contributed by atoms with E-state index in [4.69, 9.17) is 0 Å². The molecule has 0 aromatic heterocycles. The smallest absolute Gasteiger partial charge is 0.191 e. The van der Waals surface area contributed by atoms with Gasteiger partial charge in [0.2, 0.25) is 0 Å². The second-order valence-electron chi connectivity index (χ2n) is 3.91. The lowest BCUT2D eigenvalue weighted by atomic mass is 10.3. The highest BCUT2D eigenvalue weighted by Gasteiger charge is 2.20. The molecule has 88 valence electrons. The summed E-state index contributed by atoms with van der Waals surface area (Å²) in [5.41, 5.74) is 0. The fourth-order valence-electron chi connectivity index (χ4n) is 1.38. The van der Waals surface area contributed by atoms with Crippen LogP contribution in [0.3, 0.4) is 0 Å². The van der Waals surface area contributed by atoms with Gasteiger partial charge in [-0.15, -0.1) is 0 Å². The Hall–Kier alpha value is -0.380. The van der Waals surface area contributed by atoms with Crippen LogP contribution in [0.1, 0.15) is 26.2 Å². The van der Waals surface area contributed by atoms with E-state index in [0.717, 1.165) is 37.3 Å². The summed E-state index contributed by atoms with van der Waals surface area (Å²) in [4.78, 5) is 4.55. The second kappa shape index (κ2) is 7.85. The summed E-state index contributed by atoms with van der Waals surface area (Å²) < 4.78 is 0. The number of hydrogen-bond donors (Lipinski definition) is 2. The molecule has 1 rings (SSSR count). The van der Waals surface area contributed by atoms with E-state index >= 15 is 0 Å². The van der Waals surface area contributed by atoms with Gasteiger partial charge in [0.05, 0.1) is 0 Å². The molecule has 0 amide bonds. The minimum Gasteiger partial charge on any atom is -0.357 e. The number of rotatable bonds is 7. The van der Waals surface area contributed by atoms with Gasteiger partial charge in [0.25, 0.3) is 0 Å². The average Bonchev–Trinajstić information content (AvgIpc) is 3.02. The summed E-state index contributed by atoms with van der Waals surface area (Å²) >= 11 is 1.86. The van der Waals surface area contributed by atoms with Gasteiger partial charge >= 0.3 is 0 Å². The van der Waals surface area contributed by atoms with E-state index in [1.807, 2.05) is 11.8 Å². The molecule has 0 saturated heterocycles. The van der Waals surface area contributed by atoms with Gasteiger partial charge in [-0.25, -0.2) is 0 Å². The van der Waals surface area contributed by atoms with Crippen molar-refractivity contribution in [3.8, 4) is 0 Å². The maximum atomic E-state index is 4.55. The van der Waals surface area contributed by atoms with Crippen LogP contribution in [0.15, 0.2) is 4.99 Å². The normalized spacial score (nSPS) is 16.5. The zero-order valence-corrected chi connectivity index (χ0v) is 10.7. The Kier molecular flexibility index (Phi) is 6.64. The molecule has 1 saturated carbocycles. The zero-order valence-electron chi connectivity index (χ0n) is 9.88. The Balaban J connectivity index is 2.13. The van der Waals surface area contributed by atoms with Crippen molar-refractivity contribution in [2.24, 2.45) is 10.9 Å². The molecule has 1 fully saturated rings. The molecule has 0 spiro atoms. The predicted molar refractivity (Wildman–Crippen MR) is 69.7 cm³/mol. The number of nitrogens with zero attached hydrogens (tertiary/aromatic N) is 1. The van der Waals surface area contributed by atoms with Gasteiger partial charge < -0.3 is 10.6 Å². The summed E-state index contributed by atoms with van der Waals surface area (Å²) in [5, 5.41) is 6.60. The van der Waals surface area contributed by atoms with E-state index < -0.39 is 0 Å². The third-order valence-corrected chi connectivity index (χ3v) is 3.06. The third kappa shape index (κ3) is 6.66. The van der Waals surface area contributed by atoms with Gasteiger partial charge in [0.15, 0.2) is 5.96 Å². The Morgan fingerprint density at radius 1 is 1.40 bits per heavy atom. The van der Waals surface area contributed by atoms with Crippen molar-refractivity contribution in [3.05, 3.63) is 0 Å². The van der Waals surface area contributed by atoms with Gasteiger partial charge in [-0.1, -0.05) is 12.8 Å². The van der Waals surface area contributed by atoms with Crippen LogP contribution in [-0.2, 0) is 0 Å². The molecular weight excluding hydrogens is 206 g/mol. The summed E-state index contributed by atoms with van der Waals surface area (Å²) in [6.07, 6.45) is 6.23. The van der Waals surface area contributed by atoms with Crippen LogP contribution in [0.4, 0.5) is 0 Å². The Morgan fingerprint density at radius 3 is 2.80 bits per heavy atom. The van der Waals surface area contributed by atoms with Crippen molar-refractivity contribution in [3.63, 3.8) is 0 Å². The molecule has 1 aliphatic carbocycles. The van der Waals surface area contributed by atoms with Crippen LogP contribution < -0.4 is 10.6 Å². The molecule has 0 aliphatic heterocycles. The average molecular weight is 229 g/mol. The molecule has 0 atom stereocenters. The fraction of sp³-hybridized carbons (Fsp3) is 0.909. The van der Waals surface area contributed by atoms with Crippen LogP contribution in [0, 0.1) is 5.92 Å². The Bertz CT molecular complexity index is 190. The van der Waals surface area contributed by atoms with Gasteiger partial charge in [-0.05, 0) is 25.5 Å². The Morgan fingerprint density at radius 2 is 2.20 bits per heavy atom. The van der Waals surface area contributed by atoms with Crippen LogP contribution in [-0.4, -0.2) is 37.6 Å². The van der Waals surface area contributed by atoms with Crippen molar-refractivity contribution >= 4 is 17.7 Å². The summed E-state index contributed by atoms with van der Waals surface area (Å²) in [6.45, 7) is 5.01. The highest BCUT2D eigenvalue weighted by molar-refractivity contribution is 7.98. The Labute approximate surface area is 97.5 Å². The molecule has 15 heavy (non-hydrogen) atoms. The van der Waals surface area contributed by atoms with E-state index in [1.165, 1.54) is 19.3 Å². The zero-order chi connectivity index (χ0) is 10.9. The number of thioether (sulfide) groups is 1. The summed E-state index contributed by atoms with van der Waals surface area (Å²) in [6, 6.07) is 0. The van der Waals surface area contributed by atoms with E-state index in [0.29, 0.717) is 0 Å². The van der Waals surface area contributed by atoms with Crippen LogP contribution in [0.2, 0.25) is 0 Å². The lowest BCUT2D eigenvalue weighted by molar-refractivity contribution is 0.728. The van der Waals surface area contributed by atoms with Crippen molar-refractivity contribution in [1.29, 1.82) is 0 Å². The van der Waals surface area contributed by atoms with Gasteiger partial charge in [0.1, 0.15) is 0 Å². The highest BCUT2D eigenvalue weighted by atomic mass is 32.2.